The van der Waals surface area contributed by atoms with Gasteiger partial charge in [0.05, 0.1) is 30.9 Å². The largest absolute Gasteiger partial charge is 0.508 e. The zero-order valence-electron chi connectivity index (χ0n) is 18.8. The van der Waals surface area contributed by atoms with Gasteiger partial charge in [-0.2, -0.15) is 0 Å². The highest BCUT2D eigenvalue weighted by molar-refractivity contribution is 6.03. The van der Waals surface area contributed by atoms with Crippen LogP contribution in [0.5, 0.6) is 5.75 Å². The van der Waals surface area contributed by atoms with Crippen molar-refractivity contribution in [2.24, 2.45) is 4.99 Å². The van der Waals surface area contributed by atoms with Crippen molar-refractivity contribution in [3.63, 3.8) is 0 Å². The number of aromatic nitrogens is 1. The maximum Gasteiger partial charge on any atom is 0.156 e. The standard InChI is InChI=1S/C25H28FN5O2/c1-15(2)31-14-29-24-21-8-5-17(23(30-25(24)31)18-9-19(26)11-27-10-18)13-33-22(12-28-21)16-3-6-20(32)7-4-16/h3-4,6-7,9-11,15,22,28-29,32H,5,8,12-14H2,1-2H3. The molecular weight excluding hydrogens is 421 g/mol. The van der Waals surface area contributed by atoms with Gasteiger partial charge in [-0.3, -0.25) is 4.98 Å². The monoisotopic (exact) mass is 449 g/mol. The van der Waals surface area contributed by atoms with Gasteiger partial charge in [-0.05, 0) is 56.0 Å². The van der Waals surface area contributed by atoms with Gasteiger partial charge in [-0.1, -0.05) is 12.1 Å². The lowest BCUT2D eigenvalue weighted by Gasteiger charge is -2.24. The first kappa shape index (κ1) is 21.5. The van der Waals surface area contributed by atoms with E-state index in [1.54, 1.807) is 18.3 Å². The zero-order valence-corrected chi connectivity index (χ0v) is 18.8. The highest BCUT2D eigenvalue weighted by Crippen LogP contribution is 2.33. The zero-order chi connectivity index (χ0) is 22.9. The van der Waals surface area contributed by atoms with Crippen LogP contribution in [0.1, 0.15) is 43.9 Å². The van der Waals surface area contributed by atoms with Gasteiger partial charge in [-0.25, -0.2) is 9.38 Å². The van der Waals surface area contributed by atoms with Crippen LogP contribution in [0.15, 0.2) is 64.7 Å². The Hall–Kier alpha value is -3.39. The fourth-order valence-electron chi connectivity index (χ4n) is 4.46. The minimum atomic E-state index is -0.391. The van der Waals surface area contributed by atoms with E-state index in [1.807, 2.05) is 12.1 Å². The van der Waals surface area contributed by atoms with Crippen LogP contribution in [0.4, 0.5) is 4.39 Å². The van der Waals surface area contributed by atoms with Crippen molar-refractivity contribution >= 4 is 11.5 Å². The van der Waals surface area contributed by atoms with Crippen molar-refractivity contribution in [3.8, 4) is 5.75 Å². The second-order valence-electron chi connectivity index (χ2n) is 8.80. The number of phenolic OH excluding ortho intramolecular Hbond substituents is 1. The molecular formula is C25H28FN5O2. The van der Waals surface area contributed by atoms with E-state index < -0.39 is 5.82 Å². The number of benzene rings is 1. The van der Waals surface area contributed by atoms with Crippen LogP contribution in [-0.2, 0) is 4.74 Å². The topological polar surface area (TPSA) is 82.0 Å². The lowest BCUT2D eigenvalue weighted by Crippen LogP contribution is -2.33. The van der Waals surface area contributed by atoms with E-state index in [4.69, 9.17) is 9.73 Å². The molecule has 3 N–H and O–H groups in total. The Kier molecular flexibility index (Phi) is 5.76. The predicted octanol–water partition coefficient (Wildman–Crippen LogP) is 3.67. The Labute approximate surface area is 192 Å². The SMILES string of the molecule is CC(C)N1CNC2=C3CCC(=C(c4cncc(F)c4)N=C21)COC(c1ccc(O)cc1)CN3. The van der Waals surface area contributed by atoms with Gasteiger partial charge in [0.25, 0.3) is 0 Å². The predicted molar refractivity (Wildman–Crippen MR) is 125 cm³/mol. The molecule has 8 heteroatoms. The molecule has 1 aromatic heterocycles. The number of nitrogens with zero attached hydrogens (tertiary/aromatic N) is 3. The lowest BCUT2D eigenvalue weighted by atomic mass is 10.0. The Bertz CT molecular complexity index is 1140. The maximum atomic E-state index is 14.1. The van der Waals surface area contributed by atoms with Crippen molar-refractivity contribution in [3.05, 3.63) is 76.6 Å². The molecule has 2 saturated heterocycles. The van der Waals surface area contributed by atoms with Crippen LogP contribution in [0.2, 0.25) is 0 Å². The van der Waals surface area contributed by atoms with Crippen molar-refractivity contribution < 1.29 is 14.2 Å². The summed E-state index contributed by atoms with van der Waals surface area (Å²) in [5.41, 5.74) is 5.43. The summed E-state index contributed by atoms with van der Waals surface area (Å²) in [5, 5.41) is 16.8. The molecule has 0 amide bonds. The average molecular weight is 450 g/mol. The minimum Gasteiger partial charge on any atom is -0.508 e. The third kappa shape index (κ3) is 4.30. The van der Waals surface area contributed by atoms with Crippen molar-refractivity contribution in [2.75, 3.05) is 19.8 Å². The molecule has 0 saturated carbocycles. The third-order valence-electron chi connectivity index (χ3n) is 6.28. The summed E-state index contributed by atoms with van der Waals surface area (Å²) in [6, 6.07) is 8.82. The van der Waals surface area contributed by atoms with Gasteiger partial charge in [0.2, 0.25) is 0 Å². The maximum absolute atomic E-state index is 14.1. The van der Waals surface area contributed by atoms with Crippen LogP contribution < -0.4 is 10.6 Å². The van der Waals surface area contributed by atoms with E-state index in [9.17, 15) is 9.50 Å². The second-order valence-corrected chi connectivity index (χ2v) is 8.80. The number of pyridine rings is 1. The molecule has 172 valence electrons. The summed E-state index contributed by atoms with van der Waals surface area (Å²) in [4.78, 5) is 11.4. The minimum absolute atomic E-state index is 0.217. The highest BCUT2D eigenvalue weighted by atomic mass is 19.1. The van der Waals surface area contributed by atoms with E-state index in [2.05, 4.69) is 34.4 Å². The number of rotatable bonds is 3. The highest BCUT2D eigenvalue weighted by Gasteiger charge is 2.32. The molecule has 3 aliphatic heterocycles. The molecule has 7 nitrogen and oxygen atoms in total. The molecule has 33 heavy (non-hydrogen) atoms. The summed E-state index contributed by atoms with van der Waals surface area (Å²) in [7, 11) is 0. The third-order valence-corrected chi connectivity index (χ3v) is 6.28. The van der Waals surface area contributed by atoms with Gasteiger partial charge < -0.3 is 25.4 Å². The van der Waals surface area contributed by atoms with Gasteiger partial charge in [0.1, 0.15) is 17.7 Å². The first-order valence-electron chi connectivity index (χ1n) is 11.3. The number of fused-ring (bicyclic) bond motifs is 4. The number of ether oxygens (including phenoxy) is 1. The fraction of sp³-hybridized carbons (Fsp3) is 0.360. The number of allylic oxidation sites excluding steroid dienone is 1. The number of aromatic hydroxyl groups is 1. The van der Waals surface area contributed by atoms with Gasteiger partial charge >= 0.3 is 0 Å². The van der Waals surface area contributed by atoms with E-state index in [-0.39, 0.29) is 17.9 Å². The number of amidine groups is 1. The van der Waals surface area contributed by atoms with E-state index in [0.717, 1.165) is 41.2 Å². The Morgan fingerprint density at radius 1 is 1.15 bits per heavy atom. The van der Waals surface area contributed by atoms with E-state index in [0.29, 0.717) is 31.1 Å². The molecule has 0 radical (unpaired) electrons. The van der Waals surface area contributed by atoms with Crippen molar-refractivity contribution in [1.82, 2.24) is 20.5 Å². The van der Waals surface area contributed by atoms with Crippen LogP contribution in [0, 0.1) is 5.82 Å². The molecule has 1 atom stereocenters. The summed E-state index contributed by atoms with van der Waals surface area (Å²) in [5.74, 6) is 0.684. The van der Waals surface area contributed by atoms with Crippen LogP contribution in [0.3, 0.4) is 0 Å². The molecule has 4 heterocycles. The number of aliphatic imine (C=N–C) groups is 1. The molecule has 2 aromatic rings. The molecule has 1 aromatic carbocycles. The molecule has 0 aliphatic carbocycles. The number of hydrogen-bond donors (Lipinski definition) is 3. The smallest absolute Gasteiger partial charge is 0.156 e. The molecule has 3 aliphatic rings. The summed E-state index contributed by atoms with van der Waals surface area (Å²) in [6.45, 7) is 5.89. The van der Waals surface area contributed by atoms with Crippen molar-refractivity contribution in [1.29, 1.82) is 0 Å². The van der Waals surface area contributed by atoms with E-state index >= 15 is 0 Å². The first-order valence-corrected chi connectivity index (χ1v) is 11.3. The van der Waals surface area contributed by atoms with Crippen LogP contribution >= 0.6 is 0 Å². The molecule has 2 bridgehead atoms. The number of phenols is 1. The fourth-order valence-corrected chi connectivity index (χ4v) is 4.46. The van der Waals surface area contributed by atoms with Gasteiger partial charge in [0, 0.05) is 30.0 Å². The number of halogens is 1. The van der Waals surface area contributed by atoms with E-state index in [1.165, 1.54) is 12.3 Å². The average Bonchev–Trinajstić information content (AvgIpc) is 3.23. The summed E-state index contributed by atoms with van der Waals surface area (Å²) < 4.78 is 20.5. The Balaban J connectivity index is 1.63. The van der Waals surface area contributed by atoms with Gasteiger partial charge in [-0.15, -0.1) is 0 Å². The summed E-state index contributed by atoms with van der Waals surface area (Å²) >= 11 is 0. The number of nitrogens with one attached hydrogen (secondary N) is 2. The Morgan fingerprint density at radius 3 is 2.73 bits per heavy atom. The molecule has 2 fully saturated rings. The van der Waals surface area contributed by atoms with Crippen LogP contribution in [0.25, 0.3) is 5.70 Å². The first-order chi connectivity index (χ1) is 16.0. The Morgan fingerprint density at radius 2 is 1.97 bits per heavy atom. The van der Waals surface area contributed by atoms with Crippen LogP contribution in [-0.4, -0.2) is 46.7 Å². The number of hydrogen-bond acceptors (Lipinski definition) is 7. The lowest BCUT2D eigenvalue weighted by molar-refractivity contribution is 0.0717. The second kappa shape index (κ2) is 8.86. The quantitative estimate of drug-likeness (QED) is 0.663. The molecule has 1 unspecified atom stereocenters. The molecule has 5 rings (SSSR count). The van der Waals surface area contributed by atoms with Gasteiger partial charge in [0.15, 0.2) is 5.84 Å². The summed E-state index contributed by atoms with van der Waals surface area (Å²) in [6.07, 6.45) is 4.17. The van der Waals surface area contributed by atoms with Crippen molar-refractivity contribution in [2.45, 2.75) is 38.8 Å². The molecule has 0 spiro atoms. The normalized spacial score (nSPS) is 20.9.